The van der Waals surface area contributed by atoms with E-state index in [0.717, 1.165) is 16.5 Å². The molecule has 2 atom stereocenters. The van der Waals surface area contributed by atoms with Crippen molar-refractivity contribution >= 4 is 28.5 Å². The lowest BCUT2D eigenvalue weighted by Gasteiger charge is -2.11. The Morgan fingerprint density at radius 2 is 2.32 bits per heavy atom. The Balaban J connectivity index is 2.02. The molecule has 0 aliphatic rings. The first-order chi connectivity index (χ1) is 9.15. The second-order valence-electron chi connectivity index (χ2n) is 3.66. The number of rotatable bonds is 5. The molecule has 2 aromatic rings. The summed E-state index contributed by atoms with van der Waals surface area (Å²) in [6.45, 7) is 1.43. The number of benzene rings is 1. The van der Waals surface area contributed by atoms with Gasteiger partial charge in [-0.1, -0.05) is 23.4 Å². The van der Waals surface area contributed by atoms with Gasteiger partial charge in [0, 0.05) is 18.5 Å². The van der Waals surface area contributed by atoms with Crippen LogP contribution in [0.25, 0.3) is 10.9 Å². The number of oxime groups is 1. The van der Waals surface area contributed by atoms with Crippen molar-refractivity contribution in [1.29, 1.82) is 0 Å². The Morgan fingerprint density at radius 3 is 3.11 bits per heavy atom. The monoisotopic (exact) mass is 279 g/mol. The third-order valence-corrected chi connectivity index (χ3v) is 2.68. The van der Waals surface area contributed by atoms with Gasteiger partial charge in [-0.2, -0.15) is 0 Å². The van der Waals surface area contributed by atoms with Crippen molar-refractivity contribution in [2.45, 2.75) is 13.2 Å². The summed E-state index contributed by atoms with van der Waals surface area (Å²) in [5, 5.41) is 4.68. The third-order valence-electron chi connectivity index (χ3n) is 2.26. The number of hydrogen-bond donors (Lipinski definition) is 0. The van der Waals surface area contributed by atoms with Crippen molar-refractivity contribution in [2.24, 2.45) is 5.16 Å². The predicted octanol–water partition coefficient (Wildman–Crippen LogP) is 1.74. The largest absolute Gasteiger partial charge is 0.750 e. The van der Waals surface area contributed by atoms with E-state index >= 15 is 0 Å². The summed E-state index contributed by atoms with van der Waals surface area (Å²) in [6, 6.07) is 9.43. The molecule has 6 nitrogen and oxygen atoms in total. The first-order valence-corrected chi connectivity index (χ1v) is 6.45. The number of hydrogen-bond acceptors (Lipinski definition) is 6. The molecule has 0 bridgehead atoms. The summed E-state index contributed by atoms with van der Waals surface area (Å²) in [5.74, 6) is 0. The van der Waals surface area contributed by atoms with Gasteiger partial charge in [0.15, 0.2) is 0 Å². The van der Waals surface area contributed by atoms with Crippen LogP contribution in [0, 0.1) is 0 Å². The highest BCUT2D eigenvalue weighted by atomic mass is 32.2. The molecule has 1 aromatic carbocycles. The Hall–Kier alpha value is -1.83. The molecule has 0 saturated heterocycles. The van der Waals surface area contributed by atoms with Crippen molar-refractivity contribution < 1.29 is 17.8 Å². The van der Waals surface area contributed by atoms with E-state index < -0.39 is 17.7 Å². The minimum Gasteiger partial charge on any atom is -0.750 e. The Kier molecular flexibility index (Phi) is 4.56. The standard InChI is InChI=1S/C12H12N2O4S/c1-9(18-19(15)16)17-14-8-10-4-5-11-3-2-6-13-12(11)7-10/h2-9H,1H3,(H,15,16)/p-1. The van der Waals surface area contributed by atoms with Gasteiger partial charge in [-0.3, -0.25) is 9.17 Å². The minimum atomic E-state index is -2.62. The van der Waals surface area contributed by atoms with Gasteiger partial charge >= 0.3 is 0 Å². The highest BCUT2D eigenvalue weighted by Crippen LogP contribution is 2.12. The fourth-order valence-corrected chi connectivity index (χ4v) is 1.73. The van der Waals surface area contributed by atoms with Crippen molar-refractivity contribution in [3.63, 3.8) is 0 Å². The van der Waals surface area contributed by atoms with Crippen LogP contribution >= 0.6 is 0 Å². The number of aromatic nitrogens is 1. The molecule has 0 saturated carbocycles. The molecule has 1 heterocycles. The average molecular weight is 279 g/mol. The molecule has 2 unspecified atom stereocenters. The second kappa shape index (κ2) is 6.37. The van der Waals surface area contributed by atoms with Gasteiger partial charge in [0.25, 0.3) is 0 Å². The zero-order valence-electron chi connectivity index (χ0n) is 10.1. The maximum Gasteiger partial charge on any atom is 0.237 e. The highest BCUT2D eigenvalue weighted by molar-refractivity contribution is 7.74. The summed E-state index contributed by atoms with van der Waals surface area (Å²) in [4.78, 5) is 9.02. The molecule has 0 aliphatic carbocycles. The molecule has 2 rings (SSSR count). The molecule has 7 heteroatoms. The van der Waals surface area contributed by atoms with E-state index in [2.05, 4.69) is 14.3 Å². The lowest BCUT2D eigenvalue weighted by Crippen LogP contribution is -2.11. The van der Waals surface area contributed by atoms with Crippen molar-refractivity contribution in [2.75, 3.05) is 0 Å². The molecule has 0 fully saturated rings. The Labute approximate surface area is 112 Å². The molecule has 0 spiro atoms. The SMILES string of the molecule is CC(ON=Cc1ccc2cccnc2c1)OS(=O)[O-]. The summed E-state index contributed by atoms with van der Waals surface area (Å²) >= 11 is -2.62. The van der Waals surface area contributed by atoms with E-state index in [1.807, 2.05) is 30.3 Å². The van der Waals surface area contributed by atoms with Gasteiger partial charge < -0.3 is 9.39 Å². The van der Waals surface area contributed by atoms with Gasteiger partial charge in [0.05, 0.1) is 23.1 Å². The third kappa shape index (κ3) is 4.09. The van der Waals surface area contributed by atoms with Crippen LogP contribution in [0.3, 0.4) is 0 Å². The normalized spacial score (nSPS) is 14.6. The first kappa shape index (κ1) is 13.6. The smallest absolute Gasteiger partial charge is 0.237 e. The second-order valence-corrected chi connectivity index (χ2v) is 4.26. The maximum atomic E-state index is 10.2. The van der Waals surface area contributed by atoms with Crippen LogP contribution in [-0.2, 0) is 20.4 Å². The Morgan fingerprint density at radius 1 is 1.47 bits per heavy atom. The Bertz CT molecular complexity index is 617. The molecule has 0 N–H and O–H groups in total. The summed E-state index contributed by atoms with van der Waals surface area (Å²) in [5.41, 5.74) is 1.64. The molecular formula is C12H11N2O4S-. The van der Waals surface area contributed by atoms with Gasteiger partial charge in [0.1, 0.15) is 0 Å². The minimum absolute atomic E-state index is 0.793. The van der Waals surface area contributed by atoms with Crippen molar-refractivity contribution in [1.82, 2.24) is 4.98 Å². The van der Waals surface area contributed by atoms with Crippen LogP contribution < -0.4 is 0 Å². The van der Waals surface area contributed by atoms with Crippen LogP contribution in [0.4, 0.5) is 0 Å². The molecule has 100 valence electrons. The van der Waals surface area contributed by atoms with E-state index in [9.17, 15) is 8.76 Å². The highest BCUT2D eigenvalue weighted by Gasteiger charge is 2.01. The fraction of sp³-hybridized carbons (Fsp3) is 0.167. The lowest BCUT2D eigenvalue weighted by molar-refractivity contribution is -0.0613. The predicted molar refractivity (Wildman–Crippen MR) is 69.9 cm³/mol. The van der Waals surface area contributed by atoms with E-state index in [4.69, 9.17) is 4.84 Å². The summed E-state index contributed by atoms with van der Waals surface area (Å²) in [6.07, 6.45) is 2.20. The van der Waals surface area contributed by atoms with Crippen LogP contribution in [-0.4, -0.2) is 26.3 Å². The number of nitrogens with zero attached hydrogens (tertiary/aromatic N) is 2. The zero-order valence-corrected chi connectivity index (χ0v) is 10.9. The van der Waals surface area contributed by atoms with E-state index in [1.54, 1.807) is 6.20 Å². The zero-order chi connectivity index (χ0) is 13.7. The first-order valence-electron chi connectivity index (χ1n) is 5.45. The molecule has 0 radical (unpaired) electrons. The van der Waals surface area contributed by atoms with Crippen LogP contribution in [0.2, 0.25) is 0 Å². The fourth-order valence-electron chi connectivity index (χ4n) is 1.47. The maximum absolute atomic E-state index is 10.2. The number of fused-ring (bicyclic) bond motifs is 1. The topological polar surface area (TPSA) is 83.8 Å². The lowest BCUT2D eigenvalue weighted by atomic mass is 10.1. The van der Waals surface area contributed by atoms with Gasteiger partial charge in [-0.25, -0.2) is 4.21 Å². The molecule has 1 aromatic heterocycles. The van der Waals surface area contributed by atoms with E-state index in [-0.39, 0.29) is 0 Å². The van der Waals surface area contributed by atoms with Gasteiger partial charge in [-0.15, -0.1) is 0 Å². The molecule has 0 amide bonds. The van der Waals surface area contributed by atoms with Crippen LogP contribution in [0.5, 0.6) is 0 Å². The van der Waals surface area contributed by atoms with Crippen molar-refractivity contribution in [3.05, 3.63) is 42.1 Å². The van der Waals surface area contributed by atoms with Gasteiger partial charge in [0.2, 0.25) is 6.29 Å². The van der Waals surface area contributed by atoms with E-state index in [1.165, 1.54) is 13.1 Å². The average Bonchev–Trinajstić information content (AvgIpc) is 2.37. The van der Waals surface area contributed by atoms with E-state index in [0.29, 0.717) is 0 Å². The molecular weight excluding hydrogens is 268 g/mol. The summed E-state index contributed by atoms with van der Waals surface area (Å²) in [7, 11) is 0. The van der Waals surface area contributed by atoms with Crippen LogP contribution in [0.15, 0.2) is 41.7 Å². The molecule has 19 heavy (non-hydrogen) atoms. The van der Waals surface area contributed by atoms with Crippen LogP contribution in [0.1, 0.15) is 12.5 Å². The molecule has 0 aliphatic heterocycles. The van der Waals surface area contributed by atoms with Gasteiger partial charge in [-0.05, 0) is 17.7 Å². The quantitative estimate of drug-likeness (QED) is 0.360. The summed E-state index contributed by atoms with van der Waals surface area (Å²) < 4.78 is 24.8. The van der Waals surface area contributed by atoms with Crippen molar-refractivity contribution in [3.8, 4) is 0 Å². The number of pyridine rings is 1.